The molecule has 1 aliphatic carbocycles. The van der Waals surface area contributed by atoms with Crippen molar-refractivity contribution in [3.8, 4) is 0 Å². The van der Waals surface area contributed by atoms with Crippen LogP contribution in [0, 0.1) is 5.41 Å². The van der Waals surface area contributed by atoms with Gasteiger partial charge in [-0.2, -0.15) is 5.10 Å². The number of ether oxygens (including phenoxy) is 1. The van der Waals surface area contributed by atoms with Gasteiger partial charge in [-0.05, 0) is 66.2 Å². The maximum Gasteiger partial charge on any atom is 0.229 e. The van der Waals surface area contributed by atoms with Crippen LogP contribution >= 0.6 is 15.9 Å². The average molecular weight is 591 g/mol. The smallest absolute Gasteiger partial charge is 0.229 e. The van der Waals surface area contributed by atoms with E-state index in [-0.39, 0.29) is 5.41 Å². The minimum atomic E-state index is -1.14. The highest BCUT2D eigenvalue weighted by Crippen LogP contribution is 2.44. The third-order valence-corrected chi connectivity index (χ3v) is 10.2. The van der Waals surface area contributed by atoms with Gasteiger partial charge in [0.15, 0.2) is 5.82 Å². The van der Waals surface area contributed by atoms with Crippen LogP contribution in [0.15, 0.2) is 22.8 Å². The van der Waals surface area contributed by atoms with E-state index >= 15 is 0 Å². The Morgan fingerprint density at radius 1 is 1.14 bits per heavy atom. The summed E-state index contributed by atoms with van der Waals surface area (Å²) >= 11 is 3.46. The van der Waals surface area contributed by atoms with Crippen LogP contribution in [-0.2, 0) is 35.8 Å². The molecule has 0 aromatic carbocycles. The molecule has 0 radical (unpaired) electrons. The van der Waals surface area contributed by atoms with Crippen LogP contribution in [0.1, 0.15) is 74.7 Å². The zero-order valence-electron chi connectivity index (χ0n) is 22.9. The predicted molar refractivity (Wildman–Crippen MR) is 155 cm³/mol. The number of fused-ring (bicyclic) bond motifs is 1. The van der Waals surface area contributed by atoms with Crippen LogP contribution < -0.4 is 5.73 Å². The molecule has 1 amide bonds. The molecule has 37 heavy (non-hydrogen) atoms. The normalized spacial score (nSPS) is 17.2. The molecule has 0 bridgehead atoms. The van der Waals surface area contributed by atoms with Gasteiger partial charge in [0.25, 0.3) is 0 Å². The van der Waals surface area contributed by atoms with Crippen LogP contribution in [0.4, 0.5) is 5.82 Å². The summed E-state index contributed by atoms with van der Waals surface area (Å²) in [7, 11) is -1.14. The Morgan fingerprint density at radius 2 is 1.92 bits per heavy atom. The van der Waals surface area contributed by atoms with Crippen molar-refractivity contribution in [1.82, 2.24) is 19.7 Å². The molecular weight excluding hydrogens is 546 g/mol. The maximum absolute atomic E-state index is 14.0. The number of amides is 1. The Labute approximate surface area is 231 Å². The van der Waals surface area contributed by atoms with Crippen molar-refractivity contribution in [2.24, 2.45) is 5.41 Å². The fraction of sp³-hybridized carbons (Fsp3) is 0.679. The fourth-order valence-electron chi connectivity index (χ4n) is 5.78. The number of pyridine rings is 1. The van der Waals surface area contributed by atoms with E-state index in [1.54, 1.807) is 0 Å². The number of aromatic nitrogens is 3. The number of halogens is 1. The van der Waals surface area contributed by atoms with Gasteiger partial charge in [-0.3, -0.25) is 4.79 Å². The number of hydrogen-bond donors (Lipinski definition) is 1. The van der Waals surface area contributed by atoms with Gasteiger partial charge in [-0.25, -0.2) is 9.67 Å². The molecule has 1 fully saturated rings. The van der Waals surface area contributed by atoms with Crippen LogP contribution in [0.2, 0.25) is 25.7 Å². The van der Waals surface area contributed by atoms with Crippen molar-refractivity contribution in [1.29, 1.82) is 0 Å². The Hall–Kier alpha value is -1.71. The molecule has 1 saturated carbocycles. The summed E-state index contributed by atoms with van der Waals surface area (Å²) in [5.74, 6) is 0.862. The first-order valence-electron chi connectivity index (χ1n) is 14.0. The fourth-order valence-corrected chi connectivity index (χ4v) is 6.92. The maximum atomic E-state index is 14.0. The molecule has 2 aromatic heterocycles. The third kappa shape index (κ3) is 7.45. The summed E-state index contributed by atoms with van der Waals surface area (Å²) in [6.45, 7) is 9.37. The van der Waals surface area contributed by atoms with Crippen molar-refractivity contribution in [3.63, 3.8) is 0 Å². The van der Waals surface area contributed by atoms with E-state index in [0.717, 1.165) is 92.0 Å². The number of carbonyl (C=O) groups excluding carboxylic acids is 1. The second kappa shape index (κ2) is 12.4. The molecule has 1 aliphatic heterocycles. The van der Waals surface area contributed by atoms with Gasteiger partial charge in [-0.1, -0.05) is 57.8 Å². The molecule has 4 rings (SSSR count). The summed E-state index contributed by atoms with van der Waals surface area (Å²) in [6, 6.07) is 7.22. The minimum Gasteiger partial charge on any atom is -0.382 e. The zero-order valence-corrected chi connectivity index (χ0v) is 25.5. The number of unbranched alkanes of at least 4 members (excludes halogenated alkanes) is 2. The van der Waals surface area contributed by atoms with E-state index in [1.165, 1.54) is 6.42 Å². The minimum absolute atomic E-state index is 0.226. The molecule has 2 N–H and O–H groups in total. The van der Waals surface area contributed by atoms with Gasteiger partial charge in [0.2, 0.25) is 5.91 Å². The van der Waals surface area contributed by atoms with Crippen LogP contribution in [0.3, 0.4) is 0 Å². The largest absolute Gasteiger partial charge is 0.382 e. The number of nitrogen functional groups attached to an aromatic ring is 1. The second-order valence-corrected chi connectivity index (χ2v) is 18.6. The topological polar surface area (TPSA) is 86.3 Å². The Morgan fingerprint density at radius 3 is 2.65 bits per heavy atom. The van der Waals surface area contributed by atoms with Crippen molar-refractivity contribution >= 4 is 35.7 Å². The van der Waals surface area contributed by atoms with Crippen LogP contribution in [0.25, 0.3) is 0 Å². The summed E-state index contributed by atoms with van der Waals surface area (Å²) in [6.07, 6.45) is 10.8. The highest BCUT2D eigenvalue weighted by atomic mass is 79.9. The van der Waals surface area contributed by atoms with Crippen molar-refractivity contribution in [2.45, 2.75) is 110 Å². The molecule has 0 atom stereocenters. The molecule has 0 saturated heterocycles. The first kappa shape index (κ1) is 28.3. The van der Waals surface area contributed by atoms with Gasteiger partial charge in [0.1, 0.15) is 11.3 Å². The van der Waals surface area contributed by atoms with Gasteiger partial charge >= 0.3 is 0 Å². The summed E-state index contributed by atoms with van der Waals surface area (Å²) in [5, 5.41) is 4.53. The average Bonchev–Trinajstić information content (AvgIpc) is 3.42. The summed E-state index contributed by atoms with van der Waals surface area (Å²) < 4.78 is 8.72. The highest BCUT2D eigenvalue weighted by molar-refractivity contribution is 9.10. The van der Waals surface area contributed by atoms with Crippen LogP contribution in [-0.4, -0.2) is 40.3 Å². The number of anilines is 1. The van der Waals surface area contributed by atoms with Crippen molar-refractivity contribution in [2.75, 3.05) is 12.3 Å². The third-order valence-electron chi connectivity index (χ3n) is 8.01. The SMILES string of the molecule is C[Si](C)(C)CCOCn1nc(N)c2c1CN(C(=O)C1(CCCCCc3cccc(Br)n3)CCCCC1)C2. The Bertz CT molecular complexity index is 1060. The number of aryl methyl sites for hydroxylation is 1. The molecule has 2 aromatic rings. The van der Waals surface area contributed by atoms with Gasteiger partial charge in [0, 0.05) is 31.4 Å². The molecule has 0 spiro atoms. The molecule has 2 aliphatic rings. The quantitative estimate of drug-likeness (QED) is 0.173. The molecule has 204 valence electrons. The summed E-state index contributed by atoms with van der Waals surface area (Å²) in [4.78, 5) is 20.6. The van der Waals surface area contributed by atoms with E-state index in [2.05, 4.69) is 51.7 Å². The first-order chi connectivity index (χ1) is 17.7. The lowest BCUT2D eigenvalue weighted by Gasteiger charge is -2.39. The standard InChI is InChI=1S/C28H44BrN5O2Si/c1-37(2,3)18-17-36-21-34-24-20-33(19-23(24)26(30)32-34)27(35)28(15-8-5-9-16-28)14-7-4-6-11-22-12-10-13-25(29)31-22/h10,12-13H,4-9,11,14-21H2,1-3H3,(H2,30,32). The summed E-state index contributed by atoms with van der Waals surface area (Å²) in [5.41, 5.74) is 9.24. The lowest BCUT2D eigenvalue weighted by Crippen LogP contribution is -2.43. The van der Waals surface area contributed by atoms with E-state index in [4.69, 9.17) is 10.5 Å². The number of rotatable bonds is 12. The Balaban J connectivity index is 1.33. The predicted octanol–water partition coefficient (Wildman–Crippen LogP) is 6.53. The first-order valence-corrected chi connectivity index (χ1v) is 18.5. The highest BCUT2D eigenvalue weighted by Gasteiger charge is 2.43. The number of nitrogens with zero attached hydrogens (tertiary/aromatic N) is 4. The molecule has 7 nitrogen and oxygen atoms in total. The number of hydrogen-bond acceptors (Lipinski definition) is 5. The lowest BCUT2D eigenvalue weighted by atomic mass is 9.70. The molecule has 9 heteroatoms. The van der Waals surface area contributed by atoms with Crippen LogP contribution in [0.5, 0.6) is 0 Å². The monoisotopic (exact) mass is 589 g/mol. The van der Waals surface area contributed by atoms with Gasteiger partial charge in [-0.15, -0.1) is 0 Å². The van der Waals surface area contributed by atoms with E-state index in [9.17, 15) is 4.79 Å². The van der Waals surface area contributed by atoms with E-state index in [1.807, 2.05) is 21.7 Å². The molecular formula is C28H44BrN5O2Si. The van der Waals surface area contributed by atoms with Gasteiger partial charge < -0.3 is 15.4 Å². The van der Waals surface area contributed by atoms with E-state index in [0.29, 0.717) is 31.5 Å². The van der Waals surface area contributed by atoms with E-state index < -0.39 is 8.07 Å². The zero-order chi connectivity index (χ0) is 26.5. The lowest BCUT2D eigenvalue weighted by molar-refractivity contribution is -0.145. The van der Waals surface area contributed by atoms with Crippen molar-refractivity contribution < 1.29 is 9.53 Å². The number of carbonyl (C=O) groups is 1. The van der Waals surface area contributed by atoms with Gasteiger partial charge in [0.05, 0.1) is 18.8 Å². The Kier molecular flexibility index (Phi) is 9.51. The second-order valence-electron chi connectivity index (χ2n) is 12.2. The molecule has 3 heterocycles. The number of nitrogens with two attached hydrogens (primary N) is 1. The van der Waals surface area contributed by atoms with Crippen molar-refractivity contribution in [3.05, 3.63) is 39.8 Å². The molecule has 0 unspecified atom stereocenters.